The van der Waals surface area contributed by atoms with Gasteiger partial charge in [-0.05, 0) is 30.2 Å². The number of hydrogen-bond acceptors (Lipinski definition) is 2. The molecule has 1 N–H and O–H groups in total. The molecule has 0 fully saturated rings. The highest BCUT2D eigenvalue weighted by Gasteiger charge is 2.10. The van der Waals surface area contributed by atoms with Crippen LogP contribution in [-0.2, 0) is 6.42 Å². The molecule has 0 bridgehead atoms. The van der Waals surface area contributed by atoms with E-state index < -0.39 is 6.10 Å². The number of aromatic nitrogens is 1. The molecule has 0 aliphatic carbocycles. The van der Waals surface area contributed by atoms with Crippen LogP contribution >= 0.6 is 0 Å². The SMILES string of the molecule is Cc1ccccc1C(O)Cc1ccccn1. The summed E-state index contributed by atoms with van der Waals surface area (Å²) in [6.07, 6.45) is 1.84. The zero-order chi connectivity index (χ0) is 11.4. The Labute approximate surface area is 95.6 Å². The maximum atomic E-state index is 10.1. The molecule has 1 heterocycles. The number of aliphatic hydroxyl groups is 1. The van der Waals surface area contributed by atoms with Crippen LogP contribution in [0.25, 0.3) is 0 Å². The Bertz CT molecular complexity index is 453. The Morgan fingerprint density at radius 3 is 2.56 bits per heavy atom. The number of aryl methyl sites for hydroxylation is 1. The number of nitrogens with zero attached hydrogens (tertiary/aromatic N) is 1. The maximum absolute atomic E-state index is 10.1. The van der Waals surface area contributed by atoms with E-state index in [1.807, 2.05) is 49.4 Å². The lowest BCUT2D eigenvalue weighted by atomic mass is 10.00. The van der Waals surface area contributed by atoms with E-state index in [4.69, 9.17) is 0 Å². The average Bonchev–Trinajstić information content (AvgIpc) is 2.31. The van der Waals surface area contributed by atoms with Crippen molar-refractivity contribution in [2.75, 3.05) is 0 Å². The molecule has 0 saturated carbocycles. The minimum atomic E-state index is -0.476. The first-order valence-electron chi connectivity index (χ1n) is 5.41. The Kier molecular flexibility index (Phi) is 3.32. The molecule has 82 valence electrons. The van der Waals surface area contributed by atoms with Gasteiger partial charge >= 0.3 is 0 Å². The van der Waals surface area contributed by atoms with E-state index in [0.29, 0.717) is 6.42 Å². The van der Waals surface area contributed by atoms with Crippen LogP contribution in [0.2, 0.25) is 0 Å². The third-order valence-electron chi connectivity index (χ3n) is 2.68. The summed E-state index contributed by atoms with van der Waals surface area (Å²) in [5.41, 5.74) is 3.01. The second-order valence-electron chi connectivity index (χ2n) is 3.90. The molecular formula is C14H15NO. The van der Waals surface area contributed by atoms with Gasteiger partial charge in [0.1, 0.15) is 0 Å². The van der Waals surface area contributed by atoms with Crippen molar-refractivity contribution < 1.29 is 5.11 Å². The van der Waals surface area contributed by atoms with Crippen LogP contribution in [0.3, 0.4) is 0 Å². The largest absolute Gasteiger partial charge is 0.388 e. The molecule has 0 aliphatic heterocycles. The van der Waals surface area contributed by atoms with E-state index in [9.17, 15) is 5.11 Å². The standard InChI is InChI=1S/C14H15NO/c1-11-6-2-3-8-13(11)14(16)10-12-7-4-5-9-15-12/h2-9,14,16H,10H2,1H3. The Morgan fingerprint density at radius 2 is 1.88 bits per heavy atom. The fourth-order valence-electron chi connectivity index (χ4n) is 1.79. The van der Waals surface area contributed by atoms with Gasteiger partial charge in [-0.25, -0.2) is 0 Å². The molecule has 0 amide bonds. The molecule has 1 unspecified atom stereocenters. The normalized spacial score (nSPS) is 12.4. The highest BCUT2D eigenvalue weighted by atomic mass is 16.3. The van der Waals surface area contributed by atoms with Crippen molar-refractivity contribution >= 4 is 0 Å². The summed E-state index contributed by atoms with van der Waals surface area (Å²) in [5.74, 6) is 0. The number of rotatable bonds is 3. The van der Waals surface area contributed by atoms with E-state index in [1.54, 1.807) is 6.20 Å². The fraction of sp³-hybridized carbons (Fsp3) is 0.214. The van der Waals surface area contributed by atoms with Crippen LogP contribution in [0, 0.1) is 6.92 Å². The molecule has 0 radical (unpaired) electrons. The molecule has 2 aromatic rings. The minimum absolute atomic E-state index is 0.476. The molecule has 1 atom stereocenters. The van der Waals surface area contributed by atoms with Gasteiger partial charge in [-0.3, -0.25) is 4.98 Å². The topological polar surface area (TPSA) is 33.1 Å². The number of benzene rings is 1. The van der Waals surface area contributed by atoms with E-state index in [2.05, 4.69) is 4.98 Å². The van der Waals surface area contributed by atoms with Crippen molar-refractivity contribution in [3.05, 3.63) is 65.5 Å². The van der Waals surface area contributed by atoms with Gasteiger partial charge in [0.2, 0.25) is 0 Å². The van der Waals surface area contributed by atoms with Crippen molar-refractivity contribution in [1.29, 1.82) is 0 Å². The Hall–Kier alpha value is -1.67. The van der Waals surface area contributed by atoms with Gasteiger partial charge in [-0.2, -0.15) is 0 Å². The van der Waals surface area contributed by atoms with Crippen LogP contribution in [0.15, 0.2) is 48.7 Å². The molecule has 2 heteroatoms. The summed E-state index contributed by atoms with van der Waals surface area (Å²) in [7, 11) is 0. The summed E-state index contributed by atoms with van der Waals surface area (Å²) < 4.78 is 0. The molecule has 1 aromatic heterocycles. The van der Waals surface area contributed by atoms with Crippen molar-refractivity contribution in [1.82, 2.24) is 4.98 Å². The smallest absolute Gasteiger partial charge is 0.0848 e. The lowest BCUT2D eigenvalue weighted by Crippen LogP contribution is -2.04. The van der Waals surface area contributed by atoms with Crippen LogP contribution < -0.4 is 0 Å². The van der Waals surface area contributed by atoms with Gasteiger partial charge in [0.25, 0.3) is 0 Å². The van der Waals surface area contributed by atoms with Gasteiger partial charge < -0.3 is 5.11 Å². The van der Waals surface area contributed by atoms with Gasteiger partial charge in [0, 0.05) is 18.3 Å². The molecule has 2 nitrogen and oxygen atoms in total. The van der Waals surface area contributed by atoms with Crippen molar-refractivity contribution in [3.8, 4) is 0 Å². The van der Waals surface area contributed by atoms with Crippen molar-refractivity contribution in [3.63, 3.8) is 0 Å². The maximum Gasteiger partial charge on any atom is 0.0848 e. The fourth-order valence-corrected chi connectivity index (χ4v) is 1.79. The molecular weight excluding hydrogens is 198 g/mol. The predicted molar refractivity (Wildman–Crippen MR) is 64.1 cm³/mol. The summed E-state index contributed by atoms with van der Waals surface area (Å²) in [5, 5.41) is 10.1. The lowest BCUT2D eigenvalue weighted by Gasteiger charge is -2.12. The van der Waals surface area contributed by atoms with E-state index >= 15 is 0 Å². The Morgan fingerprint density at radius 1 is 1.12 bits per heavy atom. The van der Waals surface area contributed by atoms with E-state index in [-0.39, 0.29) is 0 Å². The number of aliphatic hydroxyl groups excluding tert-OH is 1. The first-order valence-corrected chi connectivity index (χ1v) is 5.41. The number of pyridine rings is 1. The van der Waals surface area contributed by atoms with Crippen LogP contribution in [0.5, 0.6) is 0 Å². The highest BCUT2D eigenvalue weighted by Crippen LogP contribution is 2.20. The summed E-state index contributed by atoms with van der Waals surface area (Å²) in [6, 6.07) is 13.6. The van der Waals surface area contributed by atoms with Gasteiger partial charge in [0.15, 0.2) is 0 Å². The monoisotopic (exact) mass is 213 g/mol. The number of hydrogen-bond donors (Lipinski definition) is 1. The van der Waals surface area contributed by atoms with E-state index in [1.165, 1.54) is 0 Å². The zero-order valence-corrected chi connectivity index (χ0v) is 9.30. The van der Waals surface area contributed by atoms with Crippen molar-refractivity contribution in [2.24, 2.45) is 0 Å². The molecule has 0 aliphatic rings. The van der Waals surface area contributed by atoms with Crippen LogP contribution in [-0.4, -0.2) is 10.1 Å². The van der Waals surface area contributed by atoms with Crippen LogP contribution in [0.4, 0.5) is 0 Å². The second-order valence-corrected chi connectivity index (χ2v) is 3.90. The molecule has 16 heavy (non-hydrogen) atoms. The van der Waals surface area contributed by atoms with Gasteiger partial charge in [-0.15, -0.1) is 0 Å². The predicted octanol–water partition coefficient (Wildman–Crippen LogP) is 2.67. The van der Waals surface area contributed by atoms with Crippen LogP contribution in [0.1, 0.15) is 22.9 Å². The third kappa shape index (κ3) is 2.47. The Balaban J connectivity index is 2.15. The summed E-state index contributed by atoms with van der Waals surface area (Å²) in [4.78, 5) is 4.21. The zero-order valence-electron chi connectivity index (χ0n) is 9.30. The molecule has 1 aromatic carbocycles. The minimum Gasteiger partial charge on any atom is -0.388 e. The first-order chi connectivity index (χ1) is 7.77. The summed E-state index contributed by atoms with van der Waals surface area (Å²) in [6.45, 7) is 2.01. The second kappa shape index (κ2) is 4.90. The average molecular weight is 213 g/mol. The highest BCUT2D eigenvalue weighted by molar-refractivity contribution is 5.28. The molecule has 0 saturated heterocycles. The van der Waals surface area contributed by atoms with E-state index in [0.717, 1.165) is 16.8 Å². The molecule has 0 spiro atoms. The molecule has 2 rings (SSSR count). The quantitative estimate of drug-likeness (QED) is 0.850. The van der Waals surface area contributed by atoms with Gasteiger partial charge in [-0.1, -0.05) is 30.3 Å². The van der Waals surface area contributed by atoms with Gasteiger partial charge in [0.05, 0.1) is 6.10 Å². The summed E-state index contributed by atoms with van der Waals surface area (Å²) >= 11 is 0. The van der Waals surface area contributed by atoms with Crippen molar-refractivity contribution in [2.45, 2.75) is 19.4 Å². The third-order valence-corrected chi connectivity index (χ3v) is 2.68. The first kappa shape index (κ1) is 10.8. The lowest BCUT2D eigenvalue weighted by molar-refractivity contribution is 0.176.